The molecule has 0 amide bonds. The van der Waals surface area contributed by atoms with E-state index >= 15 is 0 Å². The van der Waals surface area contributed by atoms with Crippen molar-refractivity contribution in [3.05, 3.63) is 52.3 Å². The fourth-order valence-corrected chi connectivity index (χ4v) is 2.59. The Kier molecular flexibility index (Phi) is 4.11. The monoisotopic (exact) mass is 341 g/mol. The second-order valence-corrected chi connectivity index (χ2v) is 5.76. The minimum Gasteiger partial charge on any atom is -0.478 e. The van der Waals surface area contributed by atoms with Crippen LogP contribution >= 0.6 is 27.7 Å². The number of nitrogen functional groups attached to an aromatic ring is 1. The van der Waals surface area contributed by atoms with E-state index in [-0.39, 0.29) is 16.1 Å². The summed E-state index contributed by atoms with van der Waals surface area (Å²) in [7, 11) is 0. The molecule has 2 aromatic carbocycles. The van der Waals surface area contributed by atoms with E-state index in [1.165, 1.54) is 6.07 Å². The topological polar surface area (TPSA) is 63.3 Å². The van der Waals surface area contributed by atoms with Gasteiger partial charge in [0.15, 0.2) is 0 Å². The highest BCUT2D eigenvalue weighted by atomic mass is 79.9. The van der Waals surface area contributed by atoms with E-state index in [2.05, 4.69) is 15.9 Å². The van der Waals surface area contributed by atoms with Crippen molar-refractivity contribution in [2.75, 3.05) is 5.73 Å². The molecule has 0 aliphatic rings. The summed E-state index contributed by atoms with van der Waals surface area (Å²) in [6.07, 6.45) is 0. The van der Waals surface area contributed by atoms with Crippen LogP contribution in [0.5, 0.6) is 0 Å². The summed E-state index contributed by atoms with van der Waals surface area (Å²) < 4.78 is 14.7. The maximum absolute atomic E-state index is 13.8. The number of carboxylic acids is 1. The molecule has 0 aliphatic heterocycles. The van der Waals surface area contributed by atoms with Crippen LogP contribution in [-0.4, -0.2) is 11.1 Å². The Balaban J connectivity index is 2.37. The summed E-state index contributed by atoms with van der Waals surface area (Å²) in [5.41, 5.74) is 5.29. The summed E-state index contributed by atoms with van der Waals surface area (Å²) in [4.78, 5) is 12.0. The number of halogens is 2. The third-order valence-corrected chi connectivity index (χ3v) is 3.95. The highest BCUT2D eigenvalue weighted by Gasteiger charge is 2.14. The lowest BCUT2D eigenvalue weighted by Crippen LogP contribution is -2.03. The molecule has 2 rings (SSSR count). The van der Waals surface area contributed by atoms with Gasteiger partial charge in [-0.05, 0) is 36.4 Å². The minimum atomic E-state index is -1.17. The molecule has 0 aliphatic carbocycles. The number of benzene rings is 2. The number of carboxylic acid groups (broad SMARTS) is 1. The first-order chi connectivity index (χ1) is 8.97. The summed E-state index contributed by atoms with van der Waals surface area (Å²) >= 11 is 4.46. The van der Waals surface area contributed by atoms with Gasteiger partial charge in [-0.3, -0.25) is 0 Å². The molecule has 2 aromatic rings. The first kappa shape index (κ1) is 13.9. The summed E-state index contributed by atoms with van der Waals surface area (Å²) in [5.74, 6) is -1.70. The number of hydrogen-bond donors (Lipinski definition) is 2. The van der Waals surface area contributed by atoms with Gasteiger partial charge in [-0.2, -0.15) is 0 Å². The first-order valence-electron chi connectivity index (χ1n) is 5.23. The van der Waals surface area contributed by atoms with Crippen LogP contribution in [0.25, 0.3) is 0 Å². The molecule has 0 spiro atoms. The molecular formula is C13H9BrFNO2S. The van der Waals surface area contributed by atoms with E-state index in [1.807, 2.05) is 24.3 Å². The molecule has 0 saturated carbocycles. The van der Waals surface area contributed by atoms with Gasteiger partial charge in [-0.25, -0.2) is 9.18 Å². The van der Waals surface area contributed by atoms with Crippen LogP contribution in [0, 0.1) is 5.82 Å². The zero-order valence-electron chi connectivity index (χ0n) is 9.56. The smallest absolute Gasteiger partial charge is 0.337 e. The number of anilines is 1. The maximum atomic E-state index is 13.8. The molecular weight excluding hydrogens is 333 g/mol. The van der Waals surface area contributed by atoms with Crippen molar-refractivity contribution < 1.29 is 14.3 Å². The largest absolute Gasteiger partial charge is 0.478 e. The quantitative estimate of drug-likeness (QED) is 0.827. The van der Waals surface area contributed by atoms with Gasteiger partial charge >= 0.3 is 5.97 Å². The van der Waals surface area contributed by atoms with Crippen LogP contribution < -0.4 is 5.73 Å². The van der Waals surface area contributed by atoms with Gasteiger partial charge in [0, 0.05) is 20.0 Å². The first-order valence-corrected chi connectivity index (χ1v) is 6.84. The lowest BCUT2D eigenvalue weighted by atomic mass is 10.2. The van der Waals surface area contributed by atoms with E-state index in [4.69, 9.17) is 10.8 Å². The zero-order valence-corrected chi connectivity index (χ0v) is 12.0. The molecule has 0 unspecified atom stereocenters. The summed E-state index contributed by atoms with van der Waals surface area (Å²) in [6, 6.07) is 9.56. The average Bonchev–Trinajstić information content (AvgIpc) is 2.34. The molecule has 0 bridgehead atoms. The van der Waals surface area contributed by atoms with E-state index < -0.39 is 11.8 Å². The molecule has 0 radical (unpaired) electrons. The van der Waals surface area contributed by atoms with Gasteiger partial charge < -0.3 is 10.8 Å². The molecule has 3 nitrogen and oxygen atoms in total. The average molecular weight is 342 g/mol. The molecule has 0 heterocycles. The fraction of sp³-hybridized carbons (Fsp3) is 0. The maximum Gasteiger partial charge on any atom is 0.337 e. The highest BCUT2D eigenvalue weighted by Crippen LogP contribution is 2.33. The molecule has 0 saturated heterocycles. The van der Waals surface area contributed by atoms with Crippen LogP contribution in [-0.2, 0) is 0 Å². The number of nitrogens with two attached hydrogens (primary N) is 1. The Morgan fingerprint density at radius 1 is 1.26 bits per heavy atom. The second kappa shape index (κ2) is 5.63. The SMILES string of the molecule is Nc1cc(F)c(Sc2ccc(Br)cc2)cc1C(=O)O. The van der Waals surface area contributed by atoms with Crippen molar-refractivity contribution >= 4 is 39.3 Å². The number of carbonyl (C=O) groups is 1. The molecule has 3 N–H and O–H groups in total. The van der Waals surface area contributed by atoms with E-state index in [9.17, 15) is 9.18 Å². The molecule has 0 fully saturated rings. The van der Waals surface area contributed by atoms with E-state index in [1.54, 1.807) is 0 Å². The van der Waals surface area contributed by atoms with Gasteiger partial charge in [0.25, 0.3) is 0 Å². The molecule has 19 heavy (non-hydrogen) atoms. The lowest BCUT2D eigenvalue weighted by molar-refractivity contribution is 0.0697. The second-order valence-electron chi connectivity index (χ2n) is 3.73. The zero-order chi connectivity index (χ0) is 14.0. The van der Waals surface area contributed by atoms with E-state index in [0.29, 0.717) is 0 Å². The van der Waals surface area contributed by atoms with Crippen LogP contribution in [0.15, 0.2) is 50.7 Å². The Labute approximate surface area is 121 Å². The highest BCUT2D eigenvalue weighted by molar-refractivity contribution is 9.10. The van der Waals surface area contributed by atoms with Crippen LogP contribution in [0.1, 0.15) is 10.4 Å². The van der Waals surface area contributed by atoms with Gasteiger partial charge in [0.2, 0.25) is 0 Å². The fourth-order valence-electron chi connectivity index (χ4n) is 1.46. The van der Waals surface area contributed by atoms with Crippen LogP contribution in [0.3, 0.4) is 0 Å². The predicted octanol–water partition coefficient (Wildman–Crippen LogP) is 4.02. The van der Waals surface area contributed by atoms with Gasteiger partial charge in [-0.15, -0.1) is 0 Å². The van der Waals surface area contributed by atoms with Crippen molar-refractivity contribution in [2.45, 2.75) is 9.79 Å². The third-order valence-electron chi connectivity index (χ3n) is 2.38. The van der Waals surface area contributed by atoms with Gasteiger partial charge in [-0.1, -0.05) is 27.7 Å². The molecule has 0 aromatic heterocycles. The van der Waals surface area contributed by atoms with E-state index in [0.717, 1.165) is 27.2 Å². The van der Waals surface area contributed by atoms with Crippen LogP contribution in [0.2, 0.25) is 0 Å². The van der Waals surface area contributed by atoms with Crippen molar-refractivity contribution in [3.8, 4) is 0 Å². The minimum absolute atomic E-state index is 0.0786. The Morgan fingerprint density at radius 3 is 2.47 bits per heavy atom. The Hall–Kier alpha value is -1.53. The molecule has 98 valence electrons. The van der Waals surface area contributed by atoms with Crippen molar-refractivity contribution in [1.82, 2.24) is 0 Å². The summed E-state index contributed by atoms with van der Waals surface area (Å²) in [6.45, 7) is 0. The number of aromatic carboxylic acids is 1. The van der Waals surface area contributed by atoms with Crippen molar-refractivity contribution in [3.63, 3.8) is 0 Å². The number of rotatable bonds is 3. The lowest BCUT2D eigenvalue weighted by Gasteiger charge is -2.07. The summed E-state index contributed by atoms with van der Waals surface area (Å²) in [5, 5.41) is 8.97. The van der Waals surface area contributed by atoms with Crippen LogP contribution in [0.4, 0.5) is 10.1 Å². The third kappa shape index (κ3) is 3.27. The standard InChI is InChI=1S/C13H9BrFNO2S/c14-7-1-3-8(4-2-7)19-12-5-9(13(17)18)11(16)6-10(12)15/h1-6H,16H2,(H,17,18). The molecule has 6 heteroatoms. The van der Waals surface area contributed by atoms with Gasteiger partial charge in [0.05, 0.1) is 5.56 Å². The Morgan fingerprint density at radius 2 is 1.89 bits per heavy atom. The van der Waals surface area contributed by atoms with Crippen molar-refractivity contribution in [1.29, 1.82) is 0 Å². The number of hydrogen-bond acceptors (Lipinski definition) is 3. The normalized spacial score (nSPS) is 10.4. The van der Waals surface area contributed by atoms with Crippen molar-refractivity contribution in [2.24, 2.45) is 0 Å². The predicted molar refractivity (Wildman–Crippen MR) is 76.0 cm³/mol. The Bertz CT molecular complexity index is 631. The van der Waals surface area contributed by atoms with Gasteiger partial charge in [0.1, 0.15) is 5.82 Å². The molecule has 0 atom stereocenters.